The molecule has 0 saturated heterocycles. The molecular formula is C15H21NO4. The molecule has 0 amide bonds. The maximum atomic E-state index is 11.2. The van der Waals surface area contributed by atoms with Gasteiger partial charge < -0.3 is 14.6 Å². The van der Waals surface area contributed by atoms with Gasteiger partial charge in [-0.3, -0.25) is 10.1 Å². The predicted octanol–water partition coefficient (Wildman–Crippen LogP) is 2.06. The molecule has 20 heavy (non-hydrogen) atoms. The standard InChI is InChI=1S/C15H21NO4/c1-2-19-12-6-3-4-7-13(12)20-11-10-16-15(14(17)18)8-5-9-15/h3-4,6-7,16H,2,5,8-11H2,1H3,(H,17,18). The average molecular weight is 279 g/mol. The van der Waals surface area contributed by atoms with Gasteiger partial charge in [0, 0.05) is 6.54 Å². The second-order valence-corrected chi connectivity index (χ2v) is 4.90. The molecule has 1 aromatic rings. The first-order chi connectivity index (χ1) is 9.68. The summed E-state index contributed by atoms with van der Waals surface area (Å²) in [5.41, 5.74) is -0.733. The van der Waals surface area contributed by atoms with Crippen LogP contribution in [0, 0.1) is 0 Å². The molecular weight excluding hydrogens is 258 g/mol. The highest BCUT2D eigenvalue weighted by Gasteiger charge is 2.43. The summed E-state index contributed by atoms with van der Waals surface area (Å²) in [6.07, 6.45) is 2.35. The molecule has 1 saturated carbocycles. The quantitative estimate of drug-likeness (QED) is 0.713. The number of rotatable bonds is 8. The predicted molar refractivity (Wildman–Crippen MR) is 75.3 cm³/mol. The summed E-state index contributed by atoms with van der Waals surface area (Å²) >= 11 is 0. The summed E-state index contributed by atoms with van der Waals surface area (Å²) in [6, 6.07) is 7.48. The van der Waals surface area contributed by atoms with E-state index in [-0.39, 0.29) is 0 Å². The Bertz CT molecular complexity index is 457. The first-order valence-electron chi connectivity index (χ1n) is 7.01. The number of carboxylic acids is 1. The van der Waals surface area contributed by atoms with Crippen LogP contribution in [0.15, 0.2) is 24.3 Å². The van der Waals surface area contributed by atoms with Crippen LogP contribution in [-0.2, 0) is 4.79 Å². The lowest BCUT2D eigenvalue weighted by atomic mass is 9.77. The van der Waals surface area contributed by atoms with Crippen molar-refractivity contribution in [1.29, 1.82) is 0 Å². The van der Waals surface area contributed by atoms with Crippen LogP contribution in [0.2, 0.25) is 0 Å². The third kappa shape index (κ3) is 3.22. The van der Waals surface area contributed by atoms with E-state index in [1.165, 1.54) is 0 Å². The Labute approximate surface area is 118 Å². The molecule has 0 aliphatic heterocycles. The van der Waals surface area contributed by atoms with Gasteiger partial charge in [-0.2, -0.15) is 0 Å². The number of carbonyl (C=O) groups is 1. The van der Waals surface area contributed by atoms with E-state index in [0.717, 1.165) is 6.42 Å². The molecule has 0 radical (unpaired) electrons. The van der Waals surface area contributed by atoms with Crippen molar-refractivity contribution in [3.63, 3.8) is 0 Å². The van der Waals surface area contributed by atoms with Crippen LogP contribution in [0.4, 0.5) is 0 Å². The van der Waals surface area contributed by atoms with E-state index in [0.29, 0.717) is 44.1 Å². The van der Waals surface area contributed by atoms with Gasteiger partial charge in [-0.05, 0) is 38.3 Å². The van der Waals surface area contributed by atoms with E-state index in [9.17, 15) is 9.90 Å². The monoisotopic (exact) mass is 279 g/mol. The van der Waals surface area contributed by atoms with Gasteiger partial charge in [0.2, 0.25) is 0 Å². The molecule has 0 unspecified atom stereocenters. The van der Waals surface area contributed by atoms with E-state index < -0.39 is 11.5 Å². The van der Waals surface area contributed by atoms with E-state index in [1.54, 1.807) is 0 Å². The lowest BCUT2D eigenvalue weighted by molar-refractivity contribution is -0.148. The van der Waals surface area contributed by atoms with Gasteiger partial charge in [0.25, 0.3) is 0 Å². The maximum absolute atomic E-state index is 11.2. The summed E-state index contributed by atoms with van der Waals surface area (Å²) in [6.45, 7) is 3.43. The van der Waals surface area contributed by atoms with E-state index >= 15 is 0 Å². The number of nitrogens with one attached hydrogen (secondary N) is 1. The van der Waals surface area contributed by atoms with Crippen LogP contribution in [-0.4, -0.2) is 36.4 Å². The highest BCUT2D eigenvalue weighted by atomic mass is 16.5. The molecule has 110 valence electrons. The van der Waals surface area contributed by atoms with Crippen molar-refractivity contribution in [1.82, 2.24) is 5.32 Å². The van der Waals surface area contributed by atoms with E-state index in [1.807, 2.05) is 31.2 Å². The van der Waals surface area contributed by atoms with Gasteiger partial charge in [0.1, 0.15) is 12.1 Å². The van der Waals surface area contributed by atoms with E-state index in [4.69, 9.17) is 9.47 Å². The zero-order valence-electron chi connectivity index (χ0n) is 11.7. The first-order valence-corrected chi connectivity index (χ1v) is 7.01. The first kappa shape index (κ1) is 14.7. The summed E-state index contributed by atoms with van der Waals surface area (Å²) in [5, 5.41) is 12.3. The van der Waals surface area contributed by atoms with Crippen LogP contribution in [0.1, 0.15) is 26.2 Å². The van der Waals surface area contributed by atoms with Crippen LogP contribution in [0.5, 0.6) is 11.5 Å². The molecule has 0 spiro atoms. The third-order valence-electron chi connectivity index (χ3n) is 3.59. The molecule has 0 aromatic heterocycles. The SMILES string of the molecule is CCOc1ccccc1OCCNC1(C(=O)O)CCC1. The van der Waals surface area contributed by atoms with Crippen LogP contribution in [0.3, 0.4) is 0 Å². The number of benzene rings is 1. The Morgan fingerprint density at radius 2 is 1.95 bits per heavy atom. The lowest BCUT2D eigenvalue weighted by Crippen LogP contribution is -2.57. The van der Waals surface area contributed by atoms with Gasteiger partial charge in [-0.25, -0.2) is 0 Å². The molecule has 0 atom stereocenters. The molecule has 5 heteroatoms. The second kappa shape index (κ2) is 6.61. The van der Waals surface area contributed by atoms with Crippen LogP contribution in [0.25, 0.3) is 0 Å². The Morgan fingerprint density at radius 3 is 2.45 bits per heavy atom. The molecule has 5 nitrogen and oxygen atoms in total. The van der Waals surface area contributed by atoms with Crippen molar-refractivity contribution < 1.29 is 19.4 Å². The zero-order chi connectivity index (χ0) is 14.4. The maximum Gasteiger partial charge on any atom is 0.323 e. The third-order valence-corrected chi connectivity index (χ3v) is 3.59. The van der Waals surface area contributed by atoms with Crippen LogP contribution < -0.4 is 14.8 Å². The van der Waals surface area contributed by atoms with Gasteiger partial charge >= 0.3 is 5.97 Å². The minimum Gasteiger partial charge on any atom is -0.490 e. The summed E-state index contributed by atoms with van der Waals surface area (Å²) < 4.78 is 11.1. The Morgan fingerprint density at radius 1 is 1.30 bits per heavy atom. The number of hydrogen-bond donors (Lipinski definition) is 2. The Hall–Kier alpha value is -1.75. The van der Waals surface area contributed by atoms with Crippen molar-refractivity contribution in [2.75, 3.05) is 19.8 Å². The highest BCUT2D eigenvalue weighted by Crippen LogP contribution is 2.32. The summed E-state index contributed by atoms with van der Waals surface area (Å²) in [7, 11) is 0. The normalized spacial score (nSPS) is 16.2. The second-order valence-electron chi connectivity index (χ2n) is 4.90. The average Bonchev–Trinajstić information content (AvgIpc) is 2.38. The van der Waals surface area contributed by atoms with Crippen molar-refractivity contribution in [3.05, 3.63) is 24.3 Å². The lowest BCUT2D eigenvalue weighted by Gasteiger charge is -2.38. The van der Waals surface area contributed by atoms with Gasteiger partial charge in [0.15, 0.2) is 11.5 Å². The van der Waals surface area contributed by atoms with E-state index in [2.05, 4.69) is 5.32 Å². The molecule has 0 bridgehead atoms. The highest BCUT2D eigenvalue weighted by molar-refractivity contribution is 5.79. The van der Waals surface area contributed by atoms with Crippen molar-refractivity contribution in [2.45, 2.75) is 31.7 Å². The Balaban J connectivity index is 1.80. The topological polar surface area (TPSA) is 67.8 Å². The number of para-hydroxylation sites is 2. The molecule has 1 aromatic carbocycles. The van der Waals surface area contributed by atoms with Crippen molar-refractivity contribution in [2.24, 2.45) is 0 Å². The fourth-order valence-electron chi connectivity index (χ4n) is 2.29. The van der Waals surface area contributed by atoms with Gasteiger partial charge in [-0.1, -0.05) is 12.1 Å². The summed E-state index contributed by atoms with van der Waals surface area (Å²) in [5.74, 6) is 0.638. The fraction of sp³-hybridized carbons (Fsp3) is 0.533. The minimum atomic E-state index is -0.765. The molecule has 0 heterocycles. The Kier molecular flexibility index (Phi) is 4.84. The van der Waals surface area contributed by atoms with Gasteiger partial charge in [-0.15, -0.1) is 0 Å². The van der Waals surface area contributed by atoms with Gasteiger partial charge in [0.05, 0.1) is 6.61 Å². The molecule has 2 rings (SSSR count). The van der Waals surface area contributed by atoms with Crippen LogP contribution >= 0.6 is 0 Å². The molecule has 1 aliphatic carbocycles. The number of hydrogen-bond acceptors (Lipinski definition) is 4. The zero-order valence-corrected chi connectivity index (χ0v) is 11.7. The van der Waals surface area contributed by atoms with Crippen molar-refractivity contribution >= 4 is 5.97 Å². The molecule has 1 aliphatic rings. The van der Waals surface area contributed by atoms with Crippen molar-refractivity contribution in [3.8, 4) is 11.5 Å². The number of carboxylic acid groups (broad SMARTS) is 1. The number of ether oxygens (including phenoxy) is 2. The fourth-order valence-corrected chi connectivity index (χ4v) is 2.29. The molecule has 2 N–H and O–H groups in total. The number of aliphatic carboxylic acids is 1. The molecule has 1 fully saturated rings. The smallest absolute Gasteiger partial charge is 0.323 e. The largest absolute Gasteiger partial charge is 0.490 e. The minimum absolute atomic E-state index is 0.416. The summed E-state index contributed by atoms with van der Waals surface area (Å²) in [4.78, 5) is 11.2.